The van der Waals surface area contributed by atoms with Crippen LogP contribution in [0.4, 0.5) is 4.79 Å². The van der Waals surface area contributed by atoms with Gasteiger partial charge in [-0.05, 0) is 36.8 Å². The molecular weight excluding hydrogens is 224 g/mol. The summed E-state index contributed by atoms with van der Waals surface area (Å²) >= 11 is 0. The van der Waals surface area contributed by atoms with Crippen LogP contribution in [0.25, 0.3) is 0 Å². The van der Waals surface area contributed by atoms with Gasteiger partial charge in [-0.25, -0.2) is 4.79 Å². The minimum absolute atomic E-state index is 0.124. The van der Waals surface area contributed by atoms with Crippen LogP contribution in [0.2, 0.25) is 0 Å². The Morgan fingerprint density at radius 2 is 2.00 bits per heavy atom. The van der Waals surface area contributed by atoms with Crippen LogP contribution >= 0.6 is 0 Å². The molecule has 1 unspecified atom stereocenters. The third-order valence-electron chi connectivity index (χ3n) is 4.10. The number of nitrogens with zero attached hydrogens (tertiary/aromatic N) is 1. The number of urea groups is 1. The van der Waals surface area contributed by atoms with Crippen molar-refractivity contribution in [2.45, 2.75) is 31.6 Å². The van der Waals surface area contributed by atoms with Gasteiger partial charge in [0, 0.05) is 25.6 Å². The predicted octanol–water partition coefficient (Wildman–Crippen LogP) is 2.52. The van der Waals surface area contributed by atoms with Crippen LogP contribution in [0.1, 0.15) is 36.3 Å². The van der Waals surface area contributed by atoms with Crippen molar-refractivity contribution in [1.82, 2.24) is 10.2 Å². The molecule has 0 radical (unpaired) electrons. The molecule has 96 valence electrons. The molecule has 0 spiro atoms. The molecule has 0 aromatic heterocycles. The third kappa shape index (κ3) is 2.22. The lowest BCUT2D eigenvalue weighted by Crippen LogP contribution is -2.44. The molecule has 3 nitrogen and oxygen atoms in total. The number of hydrogen-bond acceptors (Lipinski definition) is 1. The zero-order chi connectivity index (χ0) is 12.4. The molecular formula is C15H20N2O. The Balaban J connectivity index is 1.49. The molecule has 1 saturated heterocycles. The van der Waals surface area contributed by atoms with Gasteiger partial charge in [0.1, 0.15) is 0 Å². The summed E-state index contributed by atoms with van der Waals surface area (Å²) in [7, 11) is 0. The number of rotatable bonds is 2. The Morgan fingerprint density at radius 1 is 1.22 bits per heavy atom. The number of fused-ring (bicyclic) bond motifs is 1. The molecule has 3 heteroatoms. The van der Waals surface area contributed by atoms with Gasteiger partial charge in [0.15, 0.2) is 0 Å². The first-order valence-corrected chi connectivity index (χ1v) is 6.95. The van der Waals surface area contributed by atoms with Crippen LogP contribution in [0.3, 0.4) is 0 Å². The van der Waals surface area contributed by atoms with Gasteiger partial charge >= 0.3 is 6.03 Å². The lowest BCUT2D eigenvalue weighted by Gasteiger charge is -2.32. The predicted molar refractivity (Wildman–Crippen MR) is 71.7 cm³/mol. The standard InChI is InChI=1S/C15H20N2O/c18-15(17-8-4-1-5-9-17)16-11-13-10-12-6-2-3-7-14(12)13/h2-3,6-7,13H,1,4-5,8-11H2,(H,16,18). The molecule has 3 rings (SSSR count). The zero-order valence-electron chi connectivity index (χ0n) is 10.7. The monoisotopic (exact) mass is 244 g/mol. The van der Waals surface area contributed by atoms with E-state index in [0.717, 1.165) is 38.9 Å². The fraction of sp³-hybridized carbons (Fsp3) is 0.533. The first kappa shape index (κ1) is 11.6. The van der Waals surface area contributed by atoms with Crippen molar-refractivity contribution in [3.05, 3.63) is 35.4 Å². The van der Waals surface area contributed by atoms with E-state index in [1.165, 1.54) is 17.5 Å². The van der Waals surface area contributed by atoms with Gasteiger partial charge in [-0.2, -0.15) is 0 Å². The topological polar surface area (TPSA) is 32.3 Å². The van der Waals surface area contributed by atoms with E-state index in [4.69, 9.17) is 0 Å². The van der Waals surface area contributed by atoms with Gasteiger partial charge in [0.2, 0.25) is 0 Å². The van der Waals surface area contributed by atoms with Gasteiger partial charge in [-0.1, -0.05) is 24.3 Å². The van der Waals surface area contributed by atoms with E-state index < -0.39 is 0 Å². The van der Waals surface area contributed by atoms with E-state index in [9.17, 15) is 4.79 Å². The molecule has 1 fully saturated rings. The van der Waals surface area contributed by atoms with E-state index >= 15 is 0 Å². The van der Waals surface area contributed by atoms with Crippen LogP contribution in [-0.2, 0) is 6.42 Å². The summed E-state index contributed by atoms with van der Waals surface area (Å²) in [5.41, 5.74) is 2.85. The Hall–Kier alpha value is -1.51. The summed E-state index contributed by atoms with van der Waals surface area (Å²) in [6.07, 6.45) is 4.68. The number of nitrogens with one attached hydrogen (secondary N) is 1. The Labute approximate surface area is 108 Å². The van der Waals surface area contributed by atoms with Crippen molar-refractivity contribution in [3.8, 4) is 0 Å². The summed E-state index contributed by atoms with van der Waals surface area (Å²) < 4.78 is 0. The average molecular weight is 244 g/mol. The highest BCUT2D eigenvalue weighted by atomic mass is 16.2. The average Bonchev–Trinajstić information content (AvgIpc) is 2.40. The van der Waals surface area contributed by atoms with Crippen molar-refractivity contribution >= 4 is 6.03 Å². The second kappa shape index (κ2) is 5.01. The highest BCUT2D eigenvalue weighted by Gasteiger charge is 2.26. The minimum Gasteiger partial charge on any atom is -0.337 e. The first-order chi connectivity index (χ1) is 8.84. The summed E-state index contributed by atoms with van der Waals surface area (Å²) in [4.78, 5) is 13.9. The maximum absolute atomic E-state index is 12.0. The molecule has 0 bridgehead atoms. The SMILES string of the molecule is O=C(NCC1Cc2ccccc21)N1CCCCC1. The number of benzene rings is 1. The molecule has 1 aromatic rings. The largest absolute Gasteiger partial charge is 0.337 e. The van der Waals surface area contributed by atoms with Crippen molar-refractivity contribution < 1.29 is 4.79 Å². The Bertz CT molecular complexity index is 438. The number of piperidine rings is 1. The van der Waals surface area contributed by atoms with Crippen molar-refractivity contribution in [2.24, 2.45) is 0 Å². The third-order valence-corrected chi connectivity index (χ3v) is 4.10. The van der Waals surface area contributed by atoms with Crippen molar-refractivity contribution in [1.29, 1.82) is 0 Å². The lowest BCUT2D eigenvalue weighted by molar-refractivity contribution is 0.185. The molecule has 1 N–H and O–H groups in total. The van der Waals surface area contributed by atoms with Crippen LogP contribution in [-0.4, -0.2) is 30.6 Å². The molecule has 2 aliphatic rings. The quantitative estimate of drug-likeness (QED) is 0.852. The van der Waals surface area contributed by atoms with E-state index in [0.29, 0.717) is 5.92 Å². The first-order valence-electron chi connectivity index (χ1n) is 6.95. The minimum atomic E-state index is 0.124. The Kier molecular flexibility index (Phi) is 3.22. The molecule has 0 saturated carbocycles. The number of carbonyl (C=O) groups excluding carboxylic acids is 1. The van der Waals surface area contributed by atoms with E-state index in [2.05, 4.69) is 29.6 Å². The van der Waals surface area contributed by atoms with Crippen LogP contribution < -0.4 is 5.32 Å². The summed E-state index contributed by atoms with van der Waals surface area (Å²) in [5, 5.41) is 3.08. The van der Waals surface area contributed by atoms with Crippen LogP contribution in [0, 0.1) is 0 Å². The highest BCUT2D eigenvalue weighted by Crippen LogP contribution is 2.33. The number of carbonyl (C=O) groups is 1. The lowest BCUT2D eigenvalue weighted by atomic mass is 9.78. The zero-order valence-corrected chi connectivity index (χ0v) is 10.7. The summed E-state index contributed by atoms with van der Waals surface area (Å²) in [6.45, 7) is 2.63. The maximum atomic E-state index is 12.0. The molecule has 18 heavy (non-hydrogen) atoms. The summed E-state index contributed by atoms with van der Waals surface area (Å²) in [6, 6.07) is 8.65. The van der Waals surface area contributed by atoms with E-state index in [1.807, 2.05) is 4.90 Å². The molecule has 1 heterocycles. The van der Waals surface area contributed by atoms with E-state index in [-0.39, 0.29) is 6.03 Å². The van der Waals surface area contributed by atoms with Gasteiger partial charge in [0.25, 0.3) is 0 Å². The molecule has 1 aliphatic carbocycles. The van der Waals surface area contributed by atoms with Gasteiger partial charge < -0.3 is 10.2 Å². The van der Waals surface area contributed by atoms with Crippen LogP contribution in [0.15, 0.2) is 24.3 Å². The fourth-order valence-corrected chi connectivity index (χ4v) is 2.96. The summed E-state index contributed by atoms with van der Waals surface area (Å²) in [5.74, 6) is 0.523. The van der Waals surface area contributed by atoms with Crippen molar-refractivity contribution in [2.75, 3.05) is 19.6 Å². The van der Waals surface area contributed by atoms with Crippen molar-refractivity contribution in [3.63, 3.8) is 0 Å². The van der Waals surface area contributed by atoms with Gasteiger partial charge in [-0.15, -0.1) is 0 Å². The number of amides is 2. The van der Waals surface area contributed by atoms with Gasteiger partial charge in [-0.3, -0.25) is 0 Å². The molecule has 1 aliphatic heterocycles. The number of hydrogen-bond donors (Lipinski definition) is 1. The fourth-order valence-electron chi connectivity index (χ4n) is 2.96. The molecule has 2 amide bonds. The Morgan fingerprint density at radius 3 is 2.78 bits per heavy atom. The van der Waals surface area contributed by atoms with Gasteiger partial charge in [0.05, 0.1) is 0 Å². The smallest absolute Gasteiger partial charge is 0.317 e. The van der Waals surface area contributed by atoms with E-state index in [1.54, 1.807) is 0 Å². The maximum Gasteiger partial charge on any atom is 0.317 e. The molecule has 1 atom stereocenters. The molecule has 1 aromatic carbocycles. The second-order valence-electron chi connectivity index (χ2n) is 5.33. The number of likely N-dealkylation sites (tertiary alicyclic amines) is 1. The normalized spacial score (nSPS) is 22.0. The second-order valence-corrected chi connectivity index (χ2v) is 5.33. The highest BCUT2D eigenvalue weighted by molar-refractivity contribution is 5.74. The van der Waals surface area contributed by atoms with Crippen LogP contribution in [0.5, 0.6) is 0 Å².